The molecule has 8 heteroatoms. The lowest BCUT2D eigenvalue weighted by molar-refractivity contribution is -0.154. The molecule has 2 heterocycles. The number of nitrogens with one attached hydrogen (secondary N) is 1. The SMILES string of the molecule is Cc1cc(-c2cccc(S(C)(=O)=O)c2)c(Cl)cc1C1C(=O)OC2(CCNCC2)C1=O. The molecule has 0 amide bonds. The zero-order valence-electron chi connectivity index (χ0n) is 16.7. The maximum Gasteiger partial charge on any atom is 0.322 e. The monoisotopic (exact) mass is 447 g/mol. The van der Waals surface area contributed by atoms with Gasteiger partial charge in [-0.1, -0.05) is 23.7 Å². The zero-order valence-corrected chi connectivity index (χ0v) is 18.3. The topological polar surface area (TPSA) is 89.5 Å². The minimum Gasteiger partial charge on any atom is -0.450 e. The Morgan fingerprint density at radius 2 is 1.83 bits per heavy atom. The average molecular weight is 448 g/mol. The van der Waals surface area contributed by atoms with Crippen LogP contribution in [0.15, 0.2) is 41.3 Å². The largest absolute Gasteiger partial charge is 0.450 e. The fourth-order valence-electron chi connectivity index (χ4n) is 4.24. The fourth-order valence-corrected chi connectivity index (χ4v) is 5.19. The molecule has 1 unspecified atom stereocenters. The van der Waals surface area contributed by atoms with Crippen LogP contribution in [0.5, 0.6) is 0 Å². The Morgan fingerprint density at radius 1 is 1.13 bits per heavy atom. The number of hydrogen-bond acceptors (Lipinski definition) is 6. The molecule has 30 heavy (non-hydrogen) atoms. The molecule has 1 N–H and O–H groups in total. The van der Waals surface area contributed by atoms with Gasteiger partial charge in [0.05, 0.1) is 4.90 Å². The second-order valence-electron chi connectivity index (χ2n) is 7.95. The molecule has 0 saturated carbocycles. The lowest BCUT2D eigenvalue weighted by Crippen LogP contribution is -2.46. The smallest absolute Gasteiger partial charge is 0.322 e. The van der Waals surface area contributed by atoms with Gasteiger partial charge in [0.15, 0.2) is 21.2 Å². The van der Waals surface area contributed by atoms with E-state index in [4.69, 9.17) is 16.3 Å². The summed E-state index contributed by atoms with van der Waals surface area (Å²) in [6.45, 7) is 3.06. The predicted molar refractivity (Wildman–Crippen MR) is 113 cm³/mol. The van der Waals surface area contributed by atoms with Crippen molar-refractivity contribution in [3.05, 3.63) is 52.5 Å². The molecule has 2 aliphatic rings. The van der Waals surface area contributed by atoms with Gasteiger partial charge in [0.1, 0.15) is 5.92 Å². The van der Waals surface area contributed by atoms with Gasteiger partial charge in [-0.25, -0.2) is 8.42 Å². The van der Waals surface area contributed by atoms with Crippen LogP contribution >= 0.6 is 11.6 Å². The summed E-state index contributed by atoms with van der Waals surface area (Å²) in [5.41, 5.74) is 1.49. The van der Waals surface area contributed by atoms with Gasteiger partial charge in [0.2, 0.25) is 0 Å². The summed E-state index contributed by atoms with van der Waals surface area (Å²) in [6.07, 6.45) is 2.09. The highest BCUT2D eigenvalue weighted by molar-refractivity contribution is 7.90. The van der Waals surface area contributed by atoms with E-state index in [0.717, 1.165) is 11.8 Å². The average Bonchev–Trinajstić information content (AvgIpc) is 2.93. The summed E-state index contributed by atoms with van der Waals surface area (Å²) in [4.78, 5) is 26.0. The van der Waals surface area contributed by atoms with Crippen LogP contribution in [0, 0.1) is 6.92 Å². The minimum atomic E-state index is -3.36. The highest BCUT2D eigenvalue weighted by Crippen LogP contribution is 2.42. The molecule has 2 saturated heterocycles. The van der Waals surface area contributed by atoms with E-state index < -0.39 is 27.3 Å². The first-order valence-corrected chi connectivity index (χ1v) is 12.0. The number of rotatable bonds is 3. The highest BCUT2D eigenvalue weighted by Gasteiger charge is 2.56. The Balaban J connectivity index is 1.74. The van der Waals surface area contributed by atoms with Gasteiger partial charge in [-0.2, -0.15) is 0 Å². The van der Waals surface area contributed by atoms with Gasteiger partial charge in [0, 0.05) is 29.7 Å². The van der Waals surface area contributed by atoms with Crippen molar-refractivity contribution in [3.8, 4) is 11.1 Å². The van der Waals surface area contributed by atoms with E-state index in [9.17, 15) is 18.0 Å². The van der Waals surface area contributed by atoms with Crippen LogP contribution in [0.25, 0.3) is 11.1 Å². The number of carbonyl (C=O) groups is 2. The van der Waals surface area contributed by atoms with Crippen LogP contribution in [-0.4, -0.2) is 45.1 Å². The Kier molecular flexibility index (Phi) is 5.24. The standard InChI is InChI=1S/C22H22ClNO5S/c1-13-10-17(14-4-3-5-15(11-14)30(2,27)28)18(23)12-16(13)19-20(25)22(29-21(19)26)6-8-24-9-7-22/h3-5,10-12,19,24H,6-9H2,1-2H3. The molecule has 0 bridgehead atoms. The molecule has 1 atom stereocenters. The third-order valence-electron chi connectivity index (χ3n) is 5.89. The number of hydrogen-bond donors (Lipinski definition) is 1. The highest BCUT2D eigenvalue weighted by atomic mass is 35.5. The molecule has 2 aromatic rings. The molecule has 0 aliphatic carbocycles. The lowest BCUT2D eigenvalue weighted by atomic mass is 9.81. The molecule has 0 radical (unpaired) electrons. The van der Waals surface area contributed by atoms with E-state index in [2.05, 4.69) is 5.32 Å². The number of esters is 1. The first kappa shape index (κ1) is 21.0. The van der Waals surface area contributed by atoms with Crippen LogP contribution in [-0.2, 0) is 24.2 Å². The molecule has 1 spiro atoms. The molecule has 0 aromatic heterocycles. The van der Waals surface area contributed by atoms with Crippen LogP contribution in [0.3, 0.4) is 0 Å². The Hall–Kier alpha value is -2.22. The maximum atomic E-state index is 13.2. The van der Waals surface area contributed by atoms with E-state index >= 15 is 0 Å². The first-order valence-electron chi connectivity index (χ1n) is 9.71. The molecule has 158 valence electrons. The van der Waals surface area contributed by atoms with Gasteiger partial charge < -0.3 is 10.1 Å². The van der Waals surface area contributed by atoms with Crippen LogP contribution in [0.4, 0.5) is 0 Å². The van der Waals surface area contributed by atoms with E-state index in [-0.39, 0.29) is 10.7 Å². The number of ketones is 1. The van der Waals surface area contributed by atoms with Crippen molar-refractivity contribution in [2.45, 2.75) is 36.2 Å². The third kappa shape index (κ3) is 3.55. The second-order valence-corrected chi connectivity index (χ2v) is 10.4. The van der Waals surface area contributed by atoms with Gasteiger partial charge in [0.25, 0.3) is 0 Å². The second kappa shape index (κ2) is 7.48. The molecule has 2 aliphatic heterocycles. The number of carbonyl (C=O) groups excluding carboxylic acids is 2. The van der Waals surface area contributed by atoms with Gasteiger partial charge in [-0.15, -0.1) is 0 Å². The van der Waals surface area contributed by atoms with Crippen LogP contribution < -0.4 is 5.32 Å². The van der Waals surface area contributed by atoms with Gasteiger partial charge in [-0.3, -0.25) is 9.59 Å². The number of piperidine rings is 1. The summed E-state index contributed by atoms with van der Waals surface area (Å²) in [5, 5.41) is 3.52. The van der Waals surface area contributed by atoms with Gasteiger partial charge in [-0.05, 0) is 61.0 Å². The number of halogens is 1. The first-order chi connectivity index (χ1) is 14.1. The molecule has 6 nitrogen and oxygen atoms in total. The van der Waals surface area contributed by atoms with Crippen molar-refractivity contribution < 1.29 is 22.7 Å². The maximum absolute atomic E-state index is 13.2. The zero-order chi connectivity index (χ0) is 21.7. The Labute approximate surface area is 180 Å². The molecule has 2 aromatic carbocycles. The van der Waals surface area contributed by atoms with E-state index in [1.165, 1.54) is 6.07 Å². The van der Waals surface area contributed by atoms with Crippen molar-refractivity contribution in [1.82, 2.24) is 5.32 Å². The number of aryl methyl sites for hydroxylation is 1. The minimum absolute atomic E-state index is 0.195. The quantitative estimate of drug-likeness (QED) is 0.574. The number of ether oxygens (including phenoxy) is 1. The van der Waals surface area contributed by atoms with E-state index in [0.29, 0.717) is 47.6 Å². The third-order valence-corrected chi connectivity index (χ3v) is 7.32. The van der Waals surface area contributed by atoms with E-state index in [1.807, 2.05) is 6.92 Å². The van der Waals surface area contributed by atoms with E-state index in [1.54, 1.807) is 30.3 Å². The summed E-state index contributed by atoms with van der Waals surface area (Å²) in [7, 11) is -3.36. The molecule has 2 fully saturated rings. The fraction of sp³-hybridized carbons (Fsp3) is 0.364. The van der Waals surface area contributed by atoms with Crippen molar-refractivity contribution in [2.24, 2.45) is 0 Å². The molecular weight excluding hydrogens is 426 g/mol. The number of benzene rings is 2. The summed E-state index contributed by atoms with van der Waals surface area (Å²) in [5.74, 6) is -1.73. The van der Waals surface area contributed by atoms with Crippen LogP contribution in [0.2, 0.25) is 5.02 Å². The van der Waals surface area contributed by atoms with Gasteiger partial charge >= 0.3 is 5.97 Å². The summed E-state index contributed by atoms with van der Waals surface area (Å²) in [6, 6.07) is 9.93. The summed E-state index contributed by atoms with van der Waals surface area (Å²) >= 11 is 6.53. The summed E-state index contributed by atoms with van der Waals surface area (Å²) < 4.78 is 29.4. The molecular formula is C22H22ClNO5S. The van der Waals surface area contributed by atoms with Crippen molar-refractivity contribution in [3.63, 3.8) is 0 Å². The Bertz CT molecular complexity index is 1150. The van der Waals surface area contributed by atoms with Crippen molar-refractivity contribution >= 4 is 33.2 Å². The molecule has 4 rings (SSSR count). The Morgan fingerprint density at radius 3 is 2.50 bits per heavy atom. The van der Waals surface area contributed by atoms with Crippen LogP contribution in [0.1, 0.15) is 29.9 Å². The normalized spacial score (nSPS) is 21.1. The van der Waals surface area contributed by atoms with Crippen molar-refractivity contribution in [2.75, 3.05) is 19.3 Å². The number of Topliss-reactive ketones (excluding diaryl/α,β-unsaturated/α-hetero) is 1. The van der Waals surface area contributed by atoms with Crippen molar-refractivity contribution in [1.29, 1.82) is 0 Å². The lowest BCUT2D eigenvalue weighted by Gasteiger charge is -2.30. The predicted octanol–water partition coefficient (Wildman–Crippen LogP) is 3.05. The number of sulfone groups is 1.